The number of nitrogens with one attached hydrogen (secondary N) is 2. The Bertz CT molecular complexity index is 335. The van der Waals surface area contributed by atoms with Gasteiger partial charge >= 0.3 is 0 Å². The molecular weight excluding hydrogens is 238 g/mol. The molecule has 1 heterocycles. The predicted octanol–water partition coefficient (Wildman–Crippen LogP) is 0.447. The summed E-state index contributed by atoms with van der Waals surface area (Å²) in [6.07, 6.45) is 4.70. The summed E-state index contributed by atoms with van der Waals surface area (Å²) in [7, 11) is -3.27. The first-order chi connectivity index (χ1) is 8.13. The molecule has 17 heavy (non-hydrogen) atoms. The minimum Gasteiger partial charge on any atom is -0.317 e. The highest BCUT2D eigenvalue weighted by molar-refractivity contribution is 7.87. The van der Waals surface area contributed by atoms with E-state index >= 15 is 0 Å². The Morgan fingerprint density at radius 3 is 2.41 bits per heavy atom. The van der Waals surface area contributed by atoms with Crippen molar-refractivity contribution in [1.82, 2.24) is 14.3 Å². The van der Waals surface area contributed by atoms with Crippen LogP contribution in [0.15, 0.2) is 0 Å². The average molecular weight is 261 g/mol. The highest BCUT2D eigenvalue weighted by atomic mass is 32.2. The molecule has 1 aliphatic carbocycles. The Morgan fingerprint density at radius 1 is 1.24 bits per heavy atom. The highest BCUT2D eigenvalue weighted by Crippen LogP contribution is 2.23. The molecule has 0 aromatic carbocycles. The van der Waals surface area contributed by atoms with Crippen molar-refractivity contribution in [2.75, 3.05) is 19.6 Å². The van der Waals surface area contributed by atoms with E-state index in [0.29, 0.717) is 6.54 Å². The van der Waals surface area contributed by atoms with E-state index in [9.17, 15) is 8.42 Å². The Labute approximate surface area is 104 Å². The van der Waals surface area contributed by atoms with Crippen molar-refractivity contribution in [2.24, 2.45) is 0 Å². The summed E-state index contributed by atoms with van der Waals surface area (Å²) in [6.45, 7) is 4.50. The molecule has 2 rings (SSSR count). The molecule has 0 spiro atoms. The van der Waals surface area contributed by atoms with Gasteiger partial charge in [0.2, 0.25) is 0 Å². The van der Waals surface area contributed by atoms with Crippen LogP contribution in [0.3, 0.4) is 0 Å². The lowest BCUT2D eigenvalue weighted by atomic mass is 10.1. The second kappa shape index (κ2) is 5.65. The third kappa shape index (κ3) is 3.64. The largest absolute Gasteiger partial charge is 0.317 e. The van der Waals surface area contributed by atoms with Crippen molar-refractivity contribution >= 4 is 10.2 Å². The second-order valence-electron chi connectivity index (χ2n) is 4.99. The molecule has 5 nitrogen and oxygen atoms in total. The minimum atomic E-state index is -3.27. The van der Waals surface area contributed by atoms with Crippen LogP contribution in [0.25, 0.3) is 0 Å². The van der Waals surface area contributed by atoms with Gasteiger partial charge in [0.25, 0.3) is 10.2 Å². The van der Waals surface area contributed by atoms with Gasteiger partial charge in [0, 0.05) is 18.6 Å². The summed E-state index contributed by atoms with van der Waals surface area (Å²) >= 11 is 0. The van der Waals surface area contributed by atoms with Crippen LogP contribution in [-0.2, 0) is 10.2 Å². The Morgan fingerprint density at radius 2 is 1.88 bits per heavy atom. The van der Waals surface area contributed by atoms with Gasteiger partial charge in [0.1, 0.15) is 0 Å². The van der Waals surface area contributed by atoms with Crippen LogP contribution in [0.2, 0.25) is 0 Å². The number of rotatable bonds is 6. The molecule has 0 bridgehead atoms. The minimum absolute atomic E-state index is 0.174. The molecule has 6 heteroatoms. The number of nitrogens with zero attached hydrogens (tertiary/aromatic N) is 1. The van der Waals surface area contributed by atoms with E-state index in [0.717, 1.165) is 45.2 Å². The molecular formula is C11H23N3O2S. The summed E-state index contributed by atoms with van der Waals surface area (Å²) in [5, 5.41) is 3.27. The lowest BCUT2D eigenvalue weighted by Gasteiger charge is -2.33. The SMILES string of the molecule is CCCN(C1CCNCC1)S(=O)(=O)NC1CC1. The van der Waals surface area contributed by atoms with Crippen molar-refractivity contribution in [3.05, 3.63) is 0 Å². The van der Waals surface area contributed by atoms with Gasteiger partial charge in [-0.05, 0) is 45.2 Å². The topological polar surface area (TPSA) is 61.4 Å². The molecule has 0 unspecified atom stereocenters. The van der Waals surface area contributed by atoms with E-state index in [4.69, 9.17) is 0 Å². The molecule has 1 aliphatic heterocycles. The predicted molar refractivity (Wildman–Crippen MR) is 68.0 cm³/mol. The van der Waals surface area contributed by atoms with Crippen LogP contribution in [0.4, 0.5) is 0 Å². The molecule has 100 valence electrons. The van der Waals surface area contributed by atoms with Crippen LogP contribution in [0.5, 0.6) is 0 Å². The summed E-state index contributed by atoms with van der Waals surface area (Å²) in [6, 6.07) is 0.369. The van der Waals surface area contributed by atoms with Crippen molar-refractivity contribution in [3.63, 3.8) is 0 Å². The average Bonchev–Trinajstić information content (AvgIpc) is 3.10. The first-order valence-electron chi connectivity index (χ1n) is 6.63. The zero-order valence-corrected chi connectivity index (χ0v) is 11.3. The van der Waals surface area contributed by atoms with Gasteiger partial charge < -0.3 is 5.32 Å². The van der Waals surface area contributed by atoms with Crippen LogP contribution in [0, 0.1) is 0 Å². The van der Waals surface area contributed by atoms with Gasteiger partial charge in [-0.1, -0.05) is 6.92 Å². The molecule has 0 radical (unpaired) electrons. The molecule has 2 fully saturated rings. The zero-order chi connectivity index (χ0) is 12.3. The maximum absolute atomic E-state index is 12.3. The maximum atomic E-state index is 12.3. The van der Waals surface area contributed by atoms with E-state index in [1.165, 1.54) is 0 Å². The lowest BCUT2D eigenvalue weighted by molar-refractivity contribution is 0.259. The fourth-order valence-corrected chi connectivity index (χ4v) is 4.11. The number of piperidine rings is 1. The first-order valence-corrected chi connectivity index (χ1v) is 8.07. The van der Waals surface area contributed by atoms with Gasteiger partial charge in [0.15, 0.2) is 0 Å². The second-order valence-corrected chi connectivity index (χ2v) is 6.64. The maximum Gasteiger partial charge on any atom is 0.279 e. The summed E-state index contributed by atoms with van der Waals surface area (Å²) in [5.74, 6) is 0. The Balaban J connectivity index is 2.03. The third-order valence-corrected chi connectivity index (χ3v) is 5.09. The lowest BCUT2D eigenvalue weighted by Crippen LogP contribution is -2.50. The molecule has 0 aromatic rings. The van der Waals surface area contributed by atoms with Crippen molar-refractivity contribution in [3.8, 4) is 0 Å². The quantitative estimate of drug-likeness (QED) is 0.729. The summed E-state index contributed by atoms with van der Waals surface area (Å²) in [5.41, 5.74) is 0. The van der Waals surface area contributed by atoms with Gasteiger partial charge in [0.05, 0.1) is 0 Å². The van der Waals surface area contributed by atoms with Crippen LogP contribution < -0.4 is 10.0 Å². The van der Waals surface area contributed by atoms with Gasteiger partial charge in [-0.2, -0.15) is 17.4 Å². The van der Waals surface area contributed by atoms with Gasteiger partial charge in [-0.15, -0.1) is 0 Å². The van der Waals surface area contributed by atoms with Crippen LogP contribution in [0.1, 0.15) is 39.0 Å². The van der Waals surface area contributed by atoms with E-state index in [2.05, 4.69) is 10.0 Å². The zero-order valence-electron chi connectivity index (χ0n) is 10.5. The van der Waals surface area contributed by atoms with Crippen molar-refractivity contribution in [1.29, 1.82) is 0 Å². The van der Waals surface area contributed by atoms with E-state index < -0.39 is 10.2 Å². The van der Waals surface area contributed by atoms with E-state index in [1.807, 2.05) is 6.92 Å². The van der Waals surface area contributed by atoms with Crippen molar-refractivity contribution in [2.45, 2.75) is 51.1 Å². The standard InChI is InChI=1S/C11H23N3O2S/c1-2-9-14(11-5-7-12-8-6-11)17(15,16)13-10-3-4-10/h10-13H,2-9H2,1H3. The number of hydrogen-bond acceptors (Lipinski definition) is 3. The first kappa shape index (κ1) is 13.3. The van der Waals surface area contributed by atoms with Crippen molar-refractivity contribution < 1.29 is 8.42 Å². The Hall–Kier alpha value is -0.170. The normalized spacial score (nSPS) is 23.2. The van der Waals surface area contributed by atoms with Crippen LogP contribution in [-0.4, -0.2) is 44.4 Å². The molecule has 1 saturated heterocycles. The molecule has 2 N–H and O–H groups in total. The molecule has 0 amide bonds. The fourth-order valence-electron chi connectivity index (χ4n) is 2.29. The summed E-state index contributed by atoms with van der Waals surface area (Å²) in [4.78, 5) is 0. The highest BCUT2D eigenvalue weighted by Gasteiger charge is 2.34. The van der Waals surface area contributed by atoms with E-state index in [1.54, 1.807) is 4.31 Å². The molecule has 1 saturated carbocycles. The molecule has 2 aliphatic rings. The van der Waals surface area contributed by atoms with E-state index in [-0.39, 0.29) is 12.1 Å². The molecule has 0 aromatic heterocycles. The molecule has 0 atom stereocenters. The Kier molecular flexibility index (Phi) is 4.41. The fraction of sp³-hybridized carbons (Fsp3) is 1.00. The monoisotopic (exact) mass is 261 g/mol. The third-order valence-electron chi connectivity index (χ3n) is 3.36. The van der Waals surface area contributed by atoms with Gasteiger partial charge in [-0.25, -0.2) is 0 Å². The summed E-state index contributed by atoms with van der Waals surface area (Å²) < 4.78 is 29.0. The smallest absolute Gasteiger partial charge is 0.279 e. The van der Waals surface area contributed by atoms with Gasteiger partial charge in [-0.3, -0.25) is 0 Å². The van der Waals surface area contributed by atoms with Crippen LogP contribution >= 0.6 is 0 Å². The number of hydrogen-bond donors (Lipinski definition) is 2.